The van der Waals surface area contributed by atoms with Crippen LogP contribution in [0.15, 0.2) is 47.1 Å². The van der Waals surface area contributed by atoms with Crippen LogP contribution in [0.25, 0.3) is 6.08 Å². The SMILES string of the molecule is Cc1cccc(C2=N/C(=C/c3cc(Cl)cc(Cl)c3OS(C)(=O)=O)C(=O)O2)c1. The van der Waals surface area contributed by atoms with Gasteiger partial charge in [0, 0.05) is 16.1 Å². The molecule has 9 heteroatoms. The van der Waals surface area contributed by atoms with E-state index < -0.39 is 16.1 Å². The third kappa shape index (κ3) is 4.68. The quantitative estimate of drug-likeness (QED) is 0.420. The van der Waals surface area contributed by atoms with Gasteiger partial charge in [0.1, 0.15) is 0 Å². The molecule has 6 nitrogen and oxygen atoms in total. The third-order valence-corrected chi connectivity index (χ3v) is 4.42. The fourth-order valence-corrected chi connectivity index (χ4v) is 3.47. The van der Waals surface area contributed by atoms with E-state index in [0.717, 1.165) is 11.8 Å². The van der Waals surface area contributed by atoms with E-state index in [-0.39, 0.29) is 33.0 Å². The summed E-state index contributed by atoms with van der Waals surface area (Å²) in [6.45, 7) is 1.90. The maximum absolute atomic E-state index is 12.2. The number of carbonyl (C=O) groups is 1. The summed E-state index contributed by atoms with van der Waals surface area (Å²) in [5, 5.41) is 0.218. The number of rotatable bonds is 4. The van der Waals surface area contributed by atoms with E-state index in [1.54, 1.807) is 6.07 Å². The average molecular weight is 426 g/mol. The number of cyclic esters (lactones) is 1. The Kier molecular flexibility index (Phi) is 5.28. The molecule has 2 aromatic rings. The molecular formula is C18H13Cl2NO5S. The second-order valence-electron chi connectivity index (χ2n) is 5.80. The van der Waals surface area contributed by atoms with E-state index in [9.17, 15) is 13.2 Å². The third-order valence-electron chi connectivity index (χ3n) is 3.45. The summed E-state index contributed by atoms with van der Waals surface area (Å²) in [5.74, 6) is -0.690. The molecule has 0 spiro atoms. The van der Waals surface area contributed by atoms with Gasteiger partial charge in [0.2, 0.25) is 5.90 Å². The highest BCUT2D eigenvalue weighted by molar-refractivity contribution is 7.86. The van der Waals surface area contributed by atoms with Crippen molar-refractivity contribution in [3.63, 3.8) is 0 Å². The van der Waals surface area contributed by atoms with Crippen LogP contribution in [0.2, 0.25) is 10.0 Å². The molecule has 140 valence electrons. The Morgan fingerprint density at radius 1 is 1.19 bits per heavy atom. The maximum Gasteiger partial charge on any atom is 0.363 e. The zero-order valence-electron chi connectivity index (χ0n) is 14.2. The van der Waals surface area contributed by atoms with Crippen LogP contribution in [-0.2, 0) is 19.6 Å². The van der Waals surface area contributed by atoms with Gasteiger partial charge < -0.3 is 8.92 Å². The molecule has 0 atom stereocenters. The number of carbonyl (C=O) groups excluding carboxylic acids is 1. The number of ether oxygens (including phenoxy) is 1. The topological polar surface area (TPSA) is 82.0 Å². The number of hydrogen-bond donors (Lipinski definition) is 0. The lowest BCUT2D eigenvalue weighted by Crippen LogP contribution is -2.08. The van der Waals surface area contributed by atoms with Gasteiger partial charge in [-0.05, 0) is 37.3 Å². The average Bonchev–Trinajstić information content (AvgIpc) is 2.91. The van der Waals surface area contributed by atoms with E-state index in [1.807, 2.05) is 25.1 Å². The summed E-state index contributed by atoms with van der Waals surface area (Å²) >= 11 is 12.0. The lowest BCUT2D eigenvalue weighted by atomic mass is 10.1. The Labute approximate surface area is 166 Å². The predicted molar refractivity (Wildman–Crippen MR) is 104 cm³/mol. The lowest BCUT2D eigenvalue weighted by molar-refractivity contribution is -0.129. The predicted octanol–water partition coefficient (Wildman–Crippen LogP) is 3.98. The van der Waals surface area contributed by atoms with E-state index in [2.05, 4.69) is 4.99 Å². The zero-order valence-corrected chi connectivity index (χ0v) is 16.5. The van der Waals surface area contributed by atoms with Crippen molar-refractivity contribution in [3.05, 3.63) is 68.8 Å². The molecule has 1 aliphatic heterocycles. The van der Waals surface area contributed by atoms with Gasteiger partial charge >= 0.3 is 16.1 Å². The molecular weight excluding hydrogens is 413 g/mol. The summed E-state index contributed by atoms with van der Waals surface area (Å²) in [6, 6.07) is 10.0. The van der Waals surface area contributed by atoms with Crippen molar-refractivity contribution in [2.24, 2.45) is 4.99 Å². The van der Waals surface area contributed by atoms with Crippen LogP contribution < -0.4 is 4.18 Å². The first kappa shape index (κ1) is 19.4. The van der Waals surface area contributed by atoms with Crippen LogP contribution in [0.5, 0.6) is 5.75 Å². The monoisotopic (exact) mass is 425 g/mol. The van der Waals surface area contributed by atoms with Crippen LogP contribution in [0.1, 0.15) is 16.7 Å². The number of esters is 1. The number of hydrogen-bond acceptors (Lipinski definition) is 6. The highest BCUT2D eigenvalue weighted by Gasteiger charge is 2.25. The minimum Gasteiger partial charge on any atom is -0.402 e. The normalized spacial score (nSPS) is 15.6. The van der Waals surface area contributed by atoms with Crippen molar-refractivity contribution in [2.45, 2.75) is 6.92 Å². The van der Waals surface area contributed by atoms with Crippen LogP contribution in [0, 0.1) is 6.92 Å². The molecule has 1 heterocycles. The molecule has 2 aromatic carbocycles. The van der Waals surface area contributed by atoms with Crippen molar-refractivity contribution in [1.82, 2.24) is 0 Å². The number of nitrogens with zero attached hydrogens (tertiary/aromatic N) is 1. The van der Waals surface area contributed by atoms with Crippen LogP contribution in [0.3, 0.4) is 0 Å². The number of aliphatic imine (C=N–C) groups is 1. The summed E-state index contributed by atoms with van der Waals surface area (Å²) in [5.41, 5.74) is 1.76. The summed E-state index contributed by atoms with van der Waals surface area (Å²) in [7, 11) is -3.85. The Bertz CT molecular complexity index is 1110. The van der Waals surface area contributed by atoms with Gasteiger partial charge in [0.15, 0.2) is 11.4 Å². The first-order chi connectivity index (χ1) is 12.6. The van der Waals surface area contributed by atoms with Gasteiger partial charge in [-0.15, -0.1) is 0 Å². The van der Waals surface area contributed by atoms with Gasteiger partial charge in [-0.3, -0.25) is 0 Å². The Morgan fingerprint density at radius 2 is 1.93 bits per heavy atom. The molecule has 3 rings (SSSR count). The van der Waals surface area contributed by atoms with Gasteiger partial charge in [-0.2, -0.15) is 8.42 Å². The molecule has 0 aliphatic carbocycles. The largest absolute Gasteiger partial charge is 0.402 e. The zero-order chi connectivity index (χ0) is 19.8. The van der Waals surface area contributed by atoms with E-state index in [0.29, 0.717) is 5.56 Å². The minimum absolute atomic E-state index is 0.0194. The molecule has 0 amide bonds. The fraction of sp³-hybridized carbons (Fsp3) is 0.111. The van der Waals surface area contributed by atoms with Crippen LogP contribution >= 0.6 is 23.2 Å². The van der Waals surface area contributed by atoms with Crippen molar-refractivity contribution in [2.75, 3.05) is 6.26 Å². The first-order valence-electron chi connectivity index (χ1n) is 7.60. The Hall–Kier alpha value is -2.35. The Balaban J connectivity index is 2.07. The highest BCUT2D eigenvalue weighted by Crippen LogP contribution is 2.35. The molecule has 1 aliphatic rings. The molecule has 0 bridgehead atoms. The molecule has 0 radical (unpaired) electrons. The van der Waals surface area contributed by atoms with Gasteiger partial charge in [-0.25, -0.2) is 9.79 Å². The molecule has 0 saturated carbocycles. The fourth-order valence-electron chi connectivity index (χ4n) is 2.38. The van der Waals surface area contributed by atoms with Crippen molar-refractivity contribution in [3.8, 4) is 5.75 Å². The summed E-state index contributed by atoms with van der Waals surface area (Å²) in [6.07, 6.45) is 2.19. The van der Waals surface area contributed by atoms with E-state index in [1.165, 1.54) is 18.2 Å². The van der Waals surface area contributed by atoms with E-state index in [4.69, 9.17) is 32.1 Å². The smallest absolute Gasteiger partial charge is 0.363 e. The minimum atomic E-state index is -3.85. The van der Waals surface area contributed by atoms with Crippen molar-refractivity contribution in [1.29, 1.82) is 0 Å². The number of aryl methyl sites for hydroxylation is 1. The molecule has 0 aromatic heterocycles. The molecule has 0 saturated heterocycles. The Morgan fingerprint density at radius 3 is 2.59 bits per heavy atom. The molecule has 0 N–H and O–H groups in total. The van der Waals surface area contributed by atoms with Crippen molar-refractivity contribution < 1.29 is 22.1 Å². The molecule has 27 heavy (non-hydrogen) atoms. The number of benzene rings is 2. The van der Waals surface area contributed by atoms with Gasteiger partial charge in [0.05, 0.1) is 11.3 Å². The summed E-state index contributed by atoms with van der Waals surface area (Å²) < 4.78 is 33.1. The van der Waals surface area contributed by atoms with Gasteiger partial charge in [-0.1, -0.05) is 40.9 Å². The first-order valence-corrected chi connectivity index (χ1v) is 10.2. The molecule has 0 fully saturated rings. The molecule has 0 unspecified atom stereocenters. The second kappa shape index (κ2) is 7.34. The maximum atomic E-state index is 12.2. The van der Waals surface area contributed by atoms with Crippen molar-refractivity contribution >= 4 is 51.3 Å². The second-order valence-corrected chi connectivity index (χ2v) is 8.22. The van der Waals surface area contributed by atoms with E-state index >= 15 is 0 Å². The summed E-state index contributed by atoms with van der Waals surface area (Å²) in [4.78, 5) is 16.4. The lowest BCUT2D eigenvalue weighted by Gasteiger charge is -2.09. The van der Waals surface area contributed by atoms with Crippen LogP contribution in [-0.4, -0.2) is 26.5 Å². The van der Waals surface area contributed by atoms with Gasteiger partial charge in [0.25, 0.3) is 0 Å². The highest BCUT2D eigenvalue weighted by atomic mass is 35.5. The standard InChI is InChI=1S/C18H13Cl2NO5S/c1-10-4-3-5-11(6-10)17-21-15(18(22)25-17)8-12-7-13(19)9-14(20)16(12)26-27(2,23)24/h3-9H,1-2H3/b15-8+. The number of halogens is 2. The van der Waals surface area contributed by atoms with Crippen LogP contribution in [0.4, 0.5) is 0 Å².